The molecule has 0 saturated heterocycles. The van der Waals surface area contributed by atoms with Gasteiger partial charge in [-0.15, -0.1) is 0 Å². The van der Waals surface area contributed by atoms with E-state index in [1.165, 1.54) is 18.5 Å². The molecule has 0 spiro atoms. The zero-order chi connectivity index (χ0) is 20.4. The predicted octanol–water partition coefficient (Wildman–Crippen LogP) is 4.48. The van der Waals surface area contributed by atoms with Crippen molar-refractivity contribution in [3.8, 4) is 11.3 Å². The van der Waals surface area contributed by atoms with Crippen LogP contribution < -0.4 is 11.1 Å². The summed E-state index contributed by atoms with van der Waals surface area (Å²) in [4.78, 5) is 15.5. The summed E-state index contributed by atoms with van der Waals surface area (Å²) >= 11 is 6.21. The minimum Gasteiger partial charge on any atom is -0.478 e. The first kappa shape index (κ1) is 19.4. The average Bonchev–Trinajstić information content (AvgIpc) is 3.12. The van der Waals surface area contributed by atoms with Crippen LogP contribution in [0.15, 0.2) is 48.8 Å². The van der Waals surface area contributed by atoms with Crippen molar-refractivity contribution in [1.29, 1.82) is 0 Å². The number of halogens is 1. The van der Waals surface area contributed by atoms with Gasteiger partial charge in [0.25, 0.3) is 0 Å². The Kier molecular flexibility index (Phi) is 5.51. The maximum Gasteiger partial charge on any atom is 0.337 e. The van der Waals surface area contributed by atoms with Gasteiger partial charge in [-0.1, -0.05) is 23.7 Å². The molecule has 29 heavy (non-hydrogen) atoms. The van der Waals surface area contributed by atoms with Crippen LogP contribution in [0.1, 0.15) is 42.1 Å². The minimum atomic E-state index is -1.02. The molecule has 0 amide bonds. The fourth-order valence-electron chi connectivity index (χ4n) is 3.76. The molecule has 0 atom stereocenters. The number of hydrogen-bond donors (Lipinski definition) is 3. The maximum absolute atomic E-state index is 11.5. The normalized spacial score (nSPS) is 19.1. The van der Waals surface area contributed by atoms with E-state index in [4.69, 9.17) is 22.4 Å². The van der Waals surface area contributed by atoms with Gasteiger partial charge in [0.05, 0.1) is 29.2 Å². The zero-order valence-corrected chi connectivity index (χ0v) is 16.5. The number of anilines is 2. The maximum atomic E-state index is 11.5. The van der Waals surface area contributed by atoms with Crippen LogP contribution in [-0.2, 0) is 0 Å². The van der Waals surface area contributed by atoms with E-state index < -0.39 is 5.97 Å². The van der Waals surface area contributed by atoms with Crippen LogP contribution >= 0.6 is 11.6 Å². The van der Waals surface area contributed by atoms with E-state index in [0.717, 1.165) is 36.9 Å². The van der Waals surface area contributed by atoms with Crippen molar-refractivity contribution in [2.75, 3.05) is 5.32 Å². The first-order valence-electron chi connectivity index (χ1n) is 9.56. The molecule has 0 unspecified atom stereocenters. The molecule has 150 valence electrons. The molecule has 1 aliphatic carbocycles. The lowest BCUT2D eigenvalue weighted by atomic mass is 9.91. The van der Waals surface area contributed by atoms with Crippen molar-refractivity contribution in [2.24, 2.45) is 5.73 Å². The van der Waals surface area contributed by atoms with Gasteiger partial charge in [-0.25, -0.2) is 4.79 Å². The van der Waals surface area contributed by atoms with Crippen molar-refractivity contribution in [1.82, 2.24) is 14.8 Å². The molecule has 0 radical (unpaired) electrons. The van der Waals surface area contributed by atoms with Crippen molar-refractivity contribution in [3.63, 3.8) is 0 Å². The molecule has 1 aromatic carbocycles. The highest BCUT2D eigenvalue weighted by atomic mass is 35.5. The van der Waals surface area contributed by atoms with Gasteiger partial charge in [0.2, 0.25) is 0 Å². The summed E-state index contributed by atoms with van der Waals surface area (Å²) in [6.45, 7) is 0. The number of rotatable bonds is 5. The third-order valence-corrected chi connectivity index (χ3v) is 5.49. The van der Waals surface area contributed by atoms with Crippen molar-refractivity contribution >= 4 is 29.1 Å². The van der Waals surface area contributed by atoms with Crippen LogP contribution in [0.25, 0.3) is 11.3 Å². The third-order valence-electron chi connectivity index (χ3n) is 5.26. The van der Waals surface area contributed by atoms with E-state index in [9.17, 15) is 9.90 Å². The van der Waals surface area contributed by atoms with E-state index in [2.05, 4.69) is 10.3 Å². The number of carboxylic acids is 1. The third kappa shape index (κ3) is 4.26. The summed E-state index contributed by atoms with van der Waals surface area (Å²) in [6.07, 6.45) is 6.74. The van der Waals surface area contributed by atoms with Gasteiger partial charge >= 0.3 is 5.97 Å². The molecule has 0 bridgehead atoms. The van der Waals surface area contributed by atoms with E-state index in [0.29, 0.717) is 16.5 Å². The fourth-order valence-corrected chi connectivity index (χ4v) is 3.95. The number of carboxylic acid groups (broad SMARTS) is 1. The first-order chi connectivity index (χ1) is 14.0. The number of benzene rings is 1. The van der Waals surface area contributed by atoms with Gasteiger partial charge in [0, 0.05) is 28.9 Å². The molecule has 4 rings (SSSR count). The van der Waals surface area contributed by atoms with Crippen molar-refractivity contribution in [2.45, 2.75) is 37.8 Å². The largest absolute Gasteiger partial charge is 0.478 e. The summed E-state index contributed by atoms with van der Waals surface area (Å²) in [7, 11) is 0. The second kappa shape index (κ2) is 8.23. The lowest BCUT2D eigenvalue weighted by Crippen LogP contribution is -2.28. The molecule has 4 N–H and O–H groups in total. The second-order valence-electron chi connectivity index (χ2n) is 7.29. The molecular weight excluding hydrogens is 390 g/mol. The molecule has 2 heterocycles. The highest BCUT2D eigenvalue weighted by Gasteiger charge is 2.24. The summed E-state index contributed by atoms with van der Waals surface area (Å²) in [5.74, 6) is -0.462. The Balaban J connectivity index is 1.73. The van der Waals surface area contributed by atoms with Gasteiger partial charge in [0.15, 0.2) is 5.82 Å². The monoisotopic (exact) mass is 411 g/mol. The Labute approximate surface area is 173 Å². The average molecular weight is 412 g/mol. The Hall–Kier alpha value is -2.90. The number of nitrogens with two attached hydrogens (primary N) is 1. The van der Waals surface area contributed by atoms with E-state index in [-0.39, 0.29) is 17.6 Å². The van der Waals surface area contributed by atoms with Gasteiger partial charge in [-0.05, 0) is 43.9 Å². The Bertz CT molecular complexity index is 1030. The number of carbonyl (C=O) groups is 1. The van der Waals surface area contributed by atoms with Crippen LogP contribution in [-0.4, -0.2) is 31.9 Å². The number of hydrogen-bond acceptors (Lipinski definition) is 5. The first-order valence-corrected chi connectivity index (χ1v) is 9.94. The molecular formula is C21H22ClN5O2. The van der Waals surface area contributed by atoms with Gasteiger partial charge in [-0.3, -0.25) is 9.67 Å². The number of pyridine rings is 1. The van der Waals surface area contributed by atoms with Gasteiger partial charge < -0.3 is 16.2 Å². The van der Waals surface area contributed by atoms with Crippen molar-refractivity contribution in [3.05, 3.63) is 59.4 Å². The van der Waals surface area contributed by atoms with E-state index in [1.54, 1.807) is 0 Å². The Morgan fingerprint density at radius 3 is 2.72 bits per heavy atom. The van der Waals surface area contributed by atoms with Crippen molar-refractivity contribution < 1.29 is 9.90 Å². The summed E-state index contributed by atoms with van der Waals surface area (Å²) in [6, 6.07) is 11.5. The van der Waals surface area contributed by atoms with E-state index in [1.807, 2.05) is 35.0 Å². The number of nitrogens with zero attached hydrogens (tertiary/aromatic N) is 3. The predicted molar refractivity (Wildman–Crippen MR) is 113 cm³/mol. The van der Waals surface area contributed by atoms with Gasteiger partial charge in [0.1, 0.15) is 0 Å². The molecule has 3 aromatic rings. The smallest absolute Gasteiger partial charge is 0.337 e. The molecule has 7 nitrogen and oxygen atoms in total. The second-order valence-corrected chi connectivity index (χ2v) is 7.73. The lowest BCUT2D eigenvalue weighted by molar-refractivity contribution is 0.0698. The molecule has 0 aliphatic heterocycles. The topological polar surface area (TPSA) is 106 Å². The SMILES string of the molecule is NC1CCC(n2nc(Nc3cnccc3C(=O)O)cc2-c2cccc(Cl)c2)CC1. The van der Waals surface area contributed by atoms with Crippen LogP contribution in [0.3, 0.4) is 0 Å². The molecule has 1 saturated carbocycles. The lowest BCUT2D eigenvalue weighted by Gasteiger charge is -2.27. The molecule has 8 heteroatoms. The Morgan fingerprint density at radius 2 is 2.00 bits per heavy atom. The standard InChI is InChI=1S/C21H22ClN5O2/c22-14-3-1-2-13(10-14)19-11-20(25-18-12-24-9-8-17(18)21(28)29)26-27(19)16-6-4-15(23)5-7-16/h1-3,8-12,15-16H,4-7,23H2,(H,25,26)(H,28,29). The quantitative estimate of drug-likeness (QED) is 0.571. The van der Waals surface area contributed by atoms with Crippen LogP contribution in [0.5, 0.6) is 0 Å². The number of aromatic carboxylic acids is 1. The number of nitrogens with one attached hydrogen (secondary N) is 1. The van der Waals surface area contributed by atoms with Gasteiger partial charge in [-0.2, -0.15) is 5.10 Å². The molecule has 2 aromatic heterocycles. The molecule has 1 fully saturated rings. The van der Waals surface area contributed by atoms with Crippen LogP contribution in [0, 0.1) is 0 Å². The van der Waals surface area contributed by atoms with Crippen LogP contribution in [0.2, 0.25) is 5.02 Å². The molecule has 1 aliphatic rings. The highest BCUT2D eigenvalue weighted by molar-refractivity contribution is 6.30. The summed E-state index contributed by atoms with van der Waals surface area (Å²) in [5.41, 5.74) is 8.50. The summed E-state index contributed by atoms with van der Waals surface area (Å²) < 4.78 is 2.01. The highest BCUT2D eigenvalue weighted by Crippen LogP contribution is 2.35. The fraction of sp³-hybridized carbons (Fsp3) is 0.286. The number of aromatic nitrogens is 3. The Morgan fingerprint density at radius 1 is 1.21 bits per heavy atom. The van der Waals surface area contributed by atoms with Crippen LogP contribution in [0.4, 0.5) is 11.5 Å². The summed E-state index contributed by atoms with van der Waals surface area (Å²) in [5, 5.41) is 17.9. The minimum absolute atomic E-state index is 0.141. The zero-order valence-electron chi connectivity index (χ0n) is 15.8. The van der Waals surface area contributed by atoms with E-state index >= 15 is 0 Å².